The number of rotatable bonds is 4. The Hall–Kier alpha value is -1.08. The zero-order valence-electron chi connectivity index (χ0n) is 9.41. The molecule has 0 unspecified atom stereocenters. The highest BCUT2D eigenvalue weighted by Gasteiger charge is 2.18. The monoisotopic (exact) mass is 209 g/mol. The van der Waals surface area contributed by atoms with Crippen LogP contribution in [0, 0.1) is 11.3 Å². The van der Waals surface area contributed by atoms with Crippen LogP contribution in [0.1, 0.15) is 26.2 Å². The van der Waals surface area contributed by atoms with Crippen molar-refractivity contribution in [2.45, 2.75) is 26.2 Å². The largest absolute Gasteiger partial charge is 0.340 e. The second-order valence-electron chi connectivity index (χ2n) is 3.84. The molecule has 0 saturated carbocycles. The first-order chi connectivity index (χ1) is 7.27. The number of hydrogen-bond donors (Lipinski definition) is 0. The average molecular weight is 209 g/mol. The zero-order chi connectivity index (χ0) is 11.1. The lowest BCUT2D eigenvalue weighted by Gasteiger charge is -2.34. The van der Waals surface area contributed by atoms with Crippen LogP contribution in [-0.2, 0) is 4.79 Å². The highest BCUT2D eigenvalue weighted by atomic mass is 16.2. The molecule has 0 bridgehead atoms. The number of hydrogen-bond acceptors (Lipinski definition) is 3. The van der Waals surface area contributed by atoms with E-state index in [1.54, 1.807) is 0 Å². The van der Waals surface area contributed by atoms with Gasteiger partial charge in [0.05, 0.1) is 6.07 Å². The van der Waals surface area contributed by atoms with E-state index in [1.807, 2.05) is 11.8 Å². The maximum absolute atomic E-state index is 11.4. The Morgan fingerprint density at radius 3 is 2.53 bits per heavy atom. The van der Waals surface area contributed by atoms with E-state index in [0.29, 0.717) is 12.8 Å². The number of carbonyl (C=O) groups is 1. The van der Waals surface area contributed by atoms with Crippen LogP contribution >= 0.6 is 0 Å². The molecule has 1 rings (SSSR count). The van der Waals surface area contributed by atoms with E-state index in [0.717, 1.165) is 39.1 Å². The second-order valence-corrected chi connectivity index (χ2v) is 3.84. The van der Waals surface area contributed by atoms with Gasteiger partial charge in [0, 0.05) is 39.0 Å². The van der Waals surface area contributed by atoms with Crippen molar-refractivity contribution in [1.82, 2.24) is 9.80 Å². The molecule has 0 radical (unpaired) electrons. The normalized spacial score (nSPS) is 17.5. The molecule has 0 aromatic heterocycles. The highest BCUT2D eigenvalue weighted by molar-refractivity contribution is 5.75. The molecule has 4 heteroatoms. The minimum atomic E-state index is 0.256. The van der Waals surface area contributed by atoms with Crippen LogP contribution in [0.15, 0.2) is 0 Å². The third kappa shape index (κ3) is 3.88. The van der Waals surface area contributed by atoms with Gasteiger partial charge in [0.1, 0.15) is 0 Å². The Morgan fingerprint density at radius 2 is 2.00 bits per heavy atom. The summed E-state index contributed by atoms with van der Waals surface area (Å²) in [5, 5.41) is 8.42. The molecule has 15 heavy (non-hydrogen) atoms. The molecule has 4 nitrogen and oxygen atoms in total. The van der Waals surface area contributed by atoms with Crippen molar-refractivity contribution in [2.75, 3.05) is 32.7 Å². The summed E-state index contributed by atoms with van der Waals surface area (Å²) in [4.78, 5) is 15.7. The summed E-state index contributed by atoms with van der Waals surface area (Å²) in [5.74, 6) is 0.256. The standard InChI is InChI=1S/C11H19N3O/c1-2-11(15)14-9-7-13(8-10-14)6-4-3-5-12/h2-4,6-10H2,1H3. The summed E-state index contributed by atoms with van der Waals surface area (Å²) in [6.45, 7) is 6.50. The number of piperazine rings is 1. The van der Waals surface area contributed by atoms with Gasteiger partial charge in [-0.25, -0.2) is 0 Å². The van der Waals surface area contributed by atoms with Crippen LogP contribution in [0.5, 0.6) is 0 Å². The second kappa shape index (κ2) is 6.41. The Bertz CT molecular complexity index is 239. The van der Waals surface area contributed by atoms with Crippen LogP contribution in [-0.4, -0.2) is 48.4 Å². The van der Waals surface area contributed by atoms with Crippen molar-refractivity contribution in [3.8, 4) is 6.07 Å². The van der Waals surface area contributed by atoms with Crippen LogP contribution in [0.25, 0.3) is 0 Å². The topological polar surface area (TPSA) is 47.3 Å². The molecule has 1 aliphatic rings. The number of amides is 1. The molecule has 1 amide bonds. The van der Waals surface area contributed by atoms with Gasteiger partial charge in [0.15, 0.2) is 0 Å². The van der Waals surface area contributed by atoms with E-state index >= 15 is 0 Å². The fourth-order valence-electron chi connectivity index (χ4n) is 1.83. The van der Waals surface area contributed by atoms with Crippen molar-refractivity contribution in [3.63, 3.8) is 0 Å². The SMILES string of the molecule is CCC(=O)N1CCN(CCCC#N)CC1. The van der Waals surface area contributed by atoms with Gasteiger partial charge in [-0.05, 0) is 13.0 Å². The predicted octanol–water partition coefficient (Wildman–Crippen LogP) is 0.844. The third-order valence-electron chi connectivity index (χ3n) is 2.79. The third-order valence-corrected chi connectivity index (χ3v) is 2.79. The lowest BCUT2D eigenvalue weighted by Crippen LogP contribution is -2.48. The fourth-order valence-corrected chi connectivity index (χ4v) is 1.83. The lowest BCUT2D eigenvalue weighted by molar-refractivity contribution is -0.132. The maximum Gasteiger partial charge on any atom is 0.222 e. The van der Waals surface area contributed by atoms with Crippen LogP contribution in [0.2, 0.25) is 0 Å². The number of nitriles is 1. The van der Waals surface area contributed by atoms with Gasteiger partial charge < -0.3 is 4.90 Å². The average Bonchev–Trinajstić information content (AvgIpc) is 2.29. The summed E-state index contributed by atoms with van der Waals surface area (Å²) in [5.41, 5.74) is 0. The summed E-state index contributed by atoms with van der Waals surface area (Å²) in [6.07, 6.45) is 2.18. The van der Waals surface area contributed by atoms with E-state index in [-0.39, 0.29) is 5.91 Å². The summed E-state index contributed by atoms with van der Waals surface area (Å²) in [6, 6.07) is 2.15. The van der Waals surface area contributed by atoms with E-state index in [2.05, 4.69) is 11.0 Å². The van der Waals surface area contributed by atoms with Crippen molar-refractivity contribution < 1.29 is 4.79 Å². The van der Waals surface area contributed by atoms with Crippen LogP contribution in [0.3, 0.4) is 0 Å². The van der Waals surface area contributed by atoms with Crippen molar-refractivity contribution in [2.24, 2.45) is 0 Å². The Labute approximate surface area is 91.5 Å². The first kappa shape index (κ1) is 12.0. The molecule has 0 aromatic carbocycles. The lowest BCUT2D eigenvalue weighted by atomic mass is 10.2. The molecule has 1 saturated heterocycles. The fraction of sp³-hybridized carbons (Fsp3) is 0.818. The Morgan fingerprint density at radius 1 is 1.33 bits per heavy atom. The molecule has 84 valence electrons. The molecule has 0 spiro atoms. The summed E-state index contributed by atoms with van der Waals surface area (Å²) >= 11 is 0. The molecular weight excluding hydrogens is 190 g/mol. The highest BCUT2D eigenvalue weighted by Crippen LogP contribution is 2.04. The Kier molecular flexibility index (Phi) is 5.13. The van der Waals surface area contributed by atoms with Gasteiger partial charge in [0.25, 0.3) is 0 Å². The van der Waals surface area contributed by atoms with Gasteiger partial charge in [0.2, 0.25) is 5.91 Å². The Balaban J connectivity index is 2.18. The van der Waals surface area contributed by atoms with Gasteiger partial charge in [-0.3, -0.25) is 9.69 Å². The van der Waals surface area contributed by atoms with E-state index < -0.39 is 0 Å². The molecule has 0 N–H and O–H groups in total. The molecule has 0 aliphatic carbocycles. The van der Waals surface area contributed by atoms with Gasteiger partial charge in [-0.1, -0.05) is 6.92 Å². The number of nitrogens with zero attached hydrogens (tertiary/aromatic N) is 3. The minimum absolute atomic E-state index is 0.256. The van der Waals surface area contributed by atoms with E-state index in [4.69, 9.17) is 5.26 Å². The van der Waals surface area contributed by atoms with Gasteiger partial charge in [-0.15, -0.1) is 0 Å². The van der Waals surface area contributed by atoms with Gasteiger partial charge >= 0.3 is 0 Å². The van der Waals surface area contributed by atoms with Gasteiger partial charge in [-0.2, -0.15) is 5.26 Å². The first-order valence-corrected chi connectivity index (χ1v) is 5.65. The minimum Gasteiger partial charge on any atom is -0.340 e. The van der Waals surface area contributed by atoms with Crippen LogP contribution in [0.4, 0.5) is 0 Å². The maximum atomic E-state index is 11.4. The number of unbranched alkanes of at least 4 members (excludes halogenated alkanes) is 1. The molecule has 0 aromatic rings. The summed E-state index contributed by atoms with van der Waals surface area (Å²) in [7, 11) is 0. The van der Waals surface area contributed by atoms with Crippen LogP contribution < -0.4 is 0 Å². The molecule has 1 aliphatic heterocycles. The van der Waals surface area contributed by atoms with Crippen molar-refractivity contribution in [3.05, 3.63) is 0 Å². The smallest absolute Gasteiger partial charge is 0.222 e. The van der Waals surface area contributed by atoms with Crippen molar-refractivity contribution >= 4 is 5.91 Å². The van der Waals surface area contributed by atoms with E-state index in [9.17, 15) is 4.79 Å². The summed E-state index contributed by atoms with van der Waals surface area (Å²) < 4.78 is 0. The van der Waals surface area contributed by atoms with Crippen molar-refractivity contribution in [1.29, 1.82) is 5.26 Å². The molecule has 0 atom stereocenters. The predicted molar refractivity (Wildman–Crippen MR) is 58.2 cm³/mol. The van der Waals surface area contributed by atoms with E-state index in [1.165, 1.54) is 0 Å². The zero-order valence-corrected chi connectivity index (χ0v) is 9.41. The number of carbonyl (C=O) groups excluding carboxylic acids is 1. The molecule has 1 fully saturated rings. The quantitative estimate of drug-likeness (QED) is 0.645. The molecular formula is C11H19N3O. The molecule has 1 heterocycles. The first-order valence-electron chi connectivity index (χ1n) is 5.65.